The molecule has 4 rings (SSSR count). The van der Waals surface area contributed by atoms with Gasteiger partial charge < -0.3 is 15.0 Å². The van der Waals surface area contributed by atoms with Crippen molar-refractivity contribution in [3.05, 3.63) is 18.0 Å². The van der Waals surface area contributed by atoms with E-state index in [4.69, 9.17) is 4.74 Å². The molecular formula is C17H27N5O2. The molecule has 0 saturated carbocycles. The van der Waals surface area contributed by atoms with Gasteiger partial charge in [0, 0.05) is 58.2 Å². The molecule has 1 aromatic rings. The molecule has 0 spiro atoms. The number of ether oxygens (including phenoxy) is 1. The molecule has 1 atom stereocenters. The maximum absolute atomic E-state index is 12.3. The highest BCUT2D eigenvalue weighted by Crippen LogP contribution is 2.25. The topological polar surface area (TPSA) is 62.6 Å². The van der Waals surface area contributed by atoms with Gasteiger partial charge in [-0.15, -0.1) is 0 Å². The number of aromatic nitrogens is 2. The van der Waals surface area contributed by atoms with Gasteiger partial charge in [0.05, 0.1) is 11.7 Å². The normalized spacial score (nSPS) is 25.7. The smallest absolute Gasteiger partial charge is 0.317 e. The lowest BCUT2D eigenvalue weighted by Crippen LogP contribution is -2.49. The molecule has 3 aliphatic rings. The summed E-state index contributed by atoms with van der Waals surface area (Å²) < 4.78 is 7.60. The molecule has 0 radical (unpaired) electrons. The maximum Gasteiger partial charge on any atom is 0.317 e. The lowest BCUT2D eigenvalue weighted by Gasteiger charge is -2.40. The Bertz CT molecular complexity index is 563. The second-order valence-corrected chi connectivity index (χ2v) is 7.07. The second-order valence-electron chi connectivity index (χ2n) is 7.07. The zero-order chi connectivity index (χ0) is 16.4. The number of hydrogen-bond acceptors (Lipinski definition) is 4. The van der Waals surface area contributed by atoms with Gasteiger partial charge in [0.1, 0.15) is 0 Å². The number of fused-ring (bicyclic) bond motifs is 1. The monoisotopic (exact) mass is 333 g/mol. The first-order valence-electron chi connectivity index (χ1n) is 9.18. The number of amides is 2. The van der Waals surface area contributed by atoms with Crippen molar-refractivity contribution in [2.75, 3.05) is 39.4 Å². The van der Waals surface area contributed by atoms with Crippen molar-refractivity contribution < 1.29 is 9.53 Å². The molecule has 7 nitrogen and oxygen atoms in total. The Morgan fingerprint density at radius 2 is 2.08 bits per heavy atom. The summed E-state index contributed by atoms with van der Waals surface area (Å²) in [6.45, 7) is 6.02. The van der Waals surface area contributed by atoms with E-state index in [2.05, 4.69) is 26.1 Å². The zero-order valence-electron chi connectivity index (χ0n) is 14.2. The van der Waals surface area contributed by atoms with Crippen LogP contribution in [0.15, 0.2) is 12.3 Å². The fourth-order valence-electron chi connectivity index (χ4n) is 4.13. The van der Waals surface area contributed by atoms with Crippen LogP contribution in [-0.2, 0) is 11.3 Å². The van der Waals surface area contributed by atoms with Gasteiger partial charge in [-0.2, -0.15) is 5.10 Å². The standard InChI is InChI=1S/C17H27N5O2/c23-17(20-7-1-2-8-20)18-11-16-13-21(14-4-9-24-10-5-14)12-15-3-6-19-22(15)16/h3,6,14,16H,1-2,4-5,7-13H2,(H,18,23). The average molecular weight is 333 g/mol. The molecule has 3 aliphatic heterocycles. The van der Waals surface area contributed by atoms with Crippen LogP contribution < -0.4 is 5.32 Å². The minimum atomic E-state index is 0.0735. The van der Waals surface area contributed by atoms with Gasteiger partial charge >= 0.3 is 6.03 Å². The van der Waals surface area contributed by atoms with Crippen LogP contribution in [0, 0.1) is 0 Å². The summed E-state index contributed by atoms with van der Waals surface area (Å²) in [6.07, 6.45) is 6.31. The number of carbonyl (C=O) groups is 1. The zero-order valence-corrected chi connectivity index (χ0v) is 14.2. The summed E-state index contributed by atoms with van der Waals surface area (Å²) in [5, 5.41) is 7.62. The molecule has 0 aliphatic carbocycles. The van der Waals surface area contributed by atoms with Crippen LogP contribution in [0.1, 0.15) is 37.4 Å². The number of hydrogen-bond donors (Lipinski definition) is 1. The molecule has 24 heavy (non-hydrogen) atoms. The second kappa shape index (κ2) is 7.11. The molecule has 2 amide bonds. The van der Waals surface area contributed by atoms with Crippen molar-refractivity contribution in [3.63, 3.8) is 0 Å². The Kier molecular flexibility index (Phi) is 4.71. The van der Waals surface area contributed by atoms with Gasteiger partial charge in [-0.25, -0.2) is 4.79 Å². The van der Waals surface area contributed by atoms with E-state index in [9.17, 15) is 4.79 Å². The Balaban J connectivity index is 1.40. The van der Waals surface area contributed by atoms with Crippen molar-refractivity contribution in [1.29, 1.82) is 0 Å². The minimum Gasteiger partial charge on any atom is -0.381 e. The first-order chi connectivity index (χ1) is 11.8. The largest absolute Gasteiger partial charge is 0.381 e. The van der Waals surface area contributed by atoms with Crippen LogP contribution in [0.25, 0.3) is 0 Å². The lowest BCUT2D eigenvalue weighted by molar-refractivity contribution is 0.0167. The van der Waals surface area contributed by atoms with Crippen LogP contribution in [0.5, 0.6) is 0 Å². The highest BCUT2D eigenvalue weighted by molar-refractivity contribution is 5.74. The lowest BCUT2D eigenvalue weighted by atomic mass is 10.0. The maximum atomic E-state index is 12.3. The molecular weight excluding hydrogens is 306 g/mol. The Hall–Kier alpha value is -1.60. The third-order valence-corrected chi connectivity index (χ3v) is 5.50. The van der Waals surface area contributed by atoms with Crippen LogP contribution in [0.3, 0.4) is 0 Å². The summed E-state index contributed by atoms with van der Waals surface area (Å²) in [4.78, 5) is 16.7. The summed E-state index contributed by atoms with van der Waals surface area (Å²) in [5.41, 5.74) is 1.24. The minimum absolute atomic E-state index is 0.0735. The summed E-state index contributed by atoms with van der Waals surface area (Å²) in [5.74, 6) is 0. The van der Waals surface area contributed by atoms with Gasteiger partial charge in [-0.1, -0.05) is 0 Å². The number of carbonyl (C=O) groups excluding carboxylic acids is 1. The van der Waals surface area contributed by atoms with Gasteiger partial charge in [0.25, 0.3) is 0 Å². The van der Waals surface area contributed by atoms with E-state index < -0.39 is 0 Å². The Morgan fingerprint density at radius 3 is 2.88 bits per heavy atom. The highest BCUT2D eigenvalue weighted by atomic mass is 16.5. The van der Waals surface area contributed by atoms with Crippen molar-refractivity contribution in [3.8, 4) is 0 Å². The number of urea groups is 1. The van der Waals surface area contributed by atoms with Gasteiger partial charge in [-0.3, -0.25) is 9.58 Å². The van der Waals surface area contributed by atoms with Crippen molar-refractivity contribution >= 4 is 6.03 Å². The van der Waals surface area contributed by atoms with Crippen LogP contribution in [-0.4, -0.2) is 71.0 Å². The number of likely N-dealkylation sites (tertiary alicyclic amines) is 1. The van der Waals surface area contributed by atoms with E-state index in [0.29, 0.717) is 12.6 Å². The number of rotatable bonds is 3. The quantitative estimate of drug-likeness (QED) is 0.904. The molecule has 1 aromatic heterocycles. The molecule has 2 saturated heterocycles. The first kappa shape index (κ1) is 15.9. The molecule has 1 N–H and O–H groups in total. The average Bonchev–Trinajstić information content (AvgIpc) is 3.31. The highest BCUT2D eigenvalue weighted by Gasteiger charge is 2.31. The summed E-state index contributed by atoms with van der Waals surface area (Å²) in [6, 6.07) is 2.96. The summed E-state index contributed by atoms with van der Waals surface area (Å²) in [7, 11) is 0. The van der Waals surface area contributed by atoms with Gasteiger partial charge in [0.15, 0.2) is 0 Å². The van der Waals surface area contributed by atoms with Crippen molar-refractivity contribution in [2.45, 2.75) is 44.3 Å². The van der Waals surface area contributed by atoms with Crippen molar-refractivity contribution in [1.82, 2.24) is 24.9 Å². The molecule has 4 heterocycles. The van der Waals surface area contributed by atoms with Crippen LogP contribution in [0.4, 0.5) is 4.79 Å². The summed E-state index contributed by atoms with van der Waals surface area (Å²) >= 11 is 0. The van der Waals surface area contributed by atoms with E-state index in [0.717, 1.165) is 65.1 Å². The Morgan fingerprint density at radius 1 is 1.29 bits per heavy atom. The molecule has 1 unspecified atom stereocenters. The van der Waals surface area contributed by atoms with Crippen molar-refractivity contribution in [2.24, 2.45) is 0 Å². The van der Waals surface area contributed by atoms with Crippen LogP contribution in [0.2, 0.25) is 0 Å². The van der Waals surface area contributed by atoms with Gasteiger partial charge in [-0.05, 0) is 31.7 Å². The molecule has 0 aromatic carbocycles. The Labute approximate surface area is 142 Å². The van der Waals surface area contributed by atoms with Gasteiger partial charge in [0.2, 0.25) is 0 Å². The third kappa shape index (κ3) is 3.28. The predicted octanol–water partition coefficient (Wildman–Crippen LogP) is 1.22. The van der Waals surface area contributed by atoms with E-state index >= 15 is 0 Å². The fraction of sp³-hybridized carbons (Fsp3) is 0.765. The van der Waals surface area contributed by atoms with E-state index in [-0.39, 0.29) is 12.1 Å². The molecule has 2 fully saturated rings. The molecule has 0 bridgehead atoms. The third-order valence-electron chi connectivity index (χ3n) is 5.50. The number of nitrogens with zero attached hydrogens (tertiary/aromatic N) is 4. The number of nitrogens with one attached hydrogen (secondary N) is 1. The first-order valence-corrected chi connectivity index (χ1v) is 9.18. The van der Waals surface area contributed by atoms with Crippen LogP contribution >= 0.6 is 0 Å². The van der Waals surface area contributed by atoms with E-state index in [1.165, 1.54) is 5.69 Å². The molecule has 7 heteroatoms. The van der Waals surface area contributed by atoms with E-state index in [1.807, 2.05) is 11.1 Å². The SMILES string of the molecule is O=C(NCC1CN(C2CCOCC2)Cc2ccnn21)N1CCCC1. The molecule has 132 valence electrons. The predicted molar refractivity (Wildman–Crippen MR) is 89.7 cm³/mol. The van der Waals surface area contributed by atoms with E-state index in [1.54, 1.807) is 0 Å². The fourth-order valence-corrected chi connectivity index (χ4v) is 4.13.